The van der Waals surface area contributed by atoms with Crippen LogP contribution < -0.4 is 19.7 Å². The number of unbranched alkanes of at least 4 members (excludes halogenated alkanes) is 4. The van der Waals surface area contributed by atoms with E-state index < -0.39 is 29.4 Å². The van der Waals surface area contributed by atoms with Crippen LogP contribution >= 0.6 is 11.6 Å². The molecular weight excluding hydrogens is 925 g/mol. The summed E-state index contributed by atoms with van der Waals surface area (Å²) in [5, 5.41) is 2.64. The first-order valence-corrected chi connectivity index (χ1v) is 25.1. The highest BCUT2D eigenvalue weighted by molar-refractivity contribution is 6.34. The van der Waals surface area contributed by atoms with Gasteiger partial charge in [-0.2, -0.15) is 9.97 Å². The highest BCUT2D eigenvalue weighted by Gasteiger charge is 2.41. The third kappa shape index (κ3) is 10.5. The Labute approximate surface area is 411 Å². The predicted molar refractivity (Wildman–Crippen MR) is 259 cm³/mol. The number of anilines is 1. The standard InChI is InChI=1S/C52H60ClF3N8O6/c1-3-44(66)62-22-24-63(25-23-62)49-37-29-39(53)45(47(56)48(37)58-52(59-49)70-31-34-11-10-18-60(34)2)46-40(55)12-9-13-42(46)69-26-8-6-4-5-7-19-61-20-16-32(17-21-61)35-27-33(54)28-36-38(35)30-64(51(36)68)41-14-15-43(65)57-50(41)67/h3,9,12-13,27-29,32,34,41H,1,4-8,10-11,14-26,30-31H2,2H3,(H,57,65,67). The van der Waals surface area contributed by atoms with E-state index >= 15 is 8.78 Å². The van der Waals surface area contributed by atoms with E-state index in [1.807, 2.05) is 11.9 Å². The molecule has 14 nitrogen and oxygen atoms in total. The number of piperazine rings is 1. The van der Waals surface area contributed by atoms with Crippen molar-refractivity contribution in [1.82, 2.24) is 34.9 Å². The van der Waals surface area contributed by atoms with Crippen LogP contribution in [0.3, 0.4) is 0 Å². The van der Waals surface area contributed by atoms with E-state index in [-0.39, 0.29) is 89.1 Å². The number of likely N-dealkylation sites (tertiary alicyclic amines) is 2. The Hall–Kier alpha value is -5.78. The zero-order valence-corrected chi connectivity index (χ0v) is 40.4. The van der Waals surface area contributed by atoms with Gasteiger partial charge in [-0.05, 0) is 132 Å². The normalized spacial score (nSPS) is 20.4. The van der Waals surface area contributed by atoms with Gasteiger partial charge in [-0.1, -0.05) is 43.5 Å². The van der Waals surface area contributed by atoms with Crippen molar-refractivity contribution in [3.8, 4) is 22.9 Å². The smallest absolute Gasteiger partial charge is 0.319 e. The lowest BCUT2D eigenvalue weighted by atomic mass is 9.85. The monoisotopic (exact) mass is 984 g/mol. The van der Waals surface area contributed by atoms with Gasteiger partial charge in [0.25, 0.3) is 5.91 Å². The van der Waals surface area contributed by atoms with Gasteiger partial charge in [-0.15, -0.1) is 0 Å². The van der Waals surface area contributed by atoms with Gasteiger partial charge >= 0.3 is 6.01 Å². The molecule has 0 radical (unpaired) electrons. The molecule has 2 atom stereocenters. The van der Waals surface area contributed by atoms with E-state index in [0.29, 0.717) is 56.0 Å². The second-order valence-electron chi connectivity index (χ2n) is 19.1. The highest BCUT2D eigenvalue weighted by atomic mass is 35.5. The number of halogens is 4. The molecule has 1 N–H and O–H groups in total. The number of aromatic nitrogens is 2. The van der Waals surface area contributed by atoms with Gasteiger partial charge in [-0.25, -0.2) is 13.2 Å². The lowest BCUT2D eigenvalue weighted by Crippen LogP contribution is -2.52. The molecule has 9 rings (SSSR count). The molecule has 1 aromatic heterocycles. The van der Waals surface area contributed by atoms with Gasteiger partial charge in [0.05, 0.1) is 17.2 Å². The van der Waals surface area contributed by atoms with Crippen LogP contribution in [0.2, 0.25) is 5.02 Å². The number of amides is 4. The summed E-state index contributed by atoms with van der Waals surface area (Å²) in [6.45, 7) is 9.70. The largest absolute Gasteiger partial charge is 0.493 e. The third-order valence-corrected chi connectivity index (χ3v) is 15.1. The Morgan fingerprint density at radius 3 is 2.41 bits per heavy atom. The molecule has 5 aliphatic heterocycles. The number of imide groups is 1. The molecule has 0 spiro atoms. The zero-order valence-electron chi connectivity index (χ0n) is 39.6. The Bertz CT molecular complexity index is 2660. The third-order valence-electron chi connectivity index (χ3n) is 14.8. The van der Waals surface area contributed by atoms with Gasteiger partial charge in [-0.3, -0.25) is 24.5 Å². The Morgan fingerprint density at radius 2 is 1.67 bits per heavy atom. The number of hydrogen-bond acceptors (Lipinski definition) is 11. The SMILES string of the molecule is C=CC(=O)N1CCN(c2nc(OCC3CCCN3C)nc3c(F)c(-c4c(F)cccc4OCCCCCCCN4CCC(c5cc(F)cc6c5CN(C5CCC(=O)NC5=O)C6=O)CC4)c(Cl)cc23)CC1. The van der Waals surface area contributed by atoms with Crippen LogP contribution in [-0.2, 0) is 20.9 Å². The summed E-state index contributed by atoms with van der Waals surface area (Å²) in [6, 6.07) is 8.18. The van der Waals surface area contributed by atoms with Gasteiger partial charge < -0.3 is 34.0 Å². The van der Waals surface area contributed by atoms with Crippen molar-refractivity contribution >= 4 is 52.0 Å². The number of hydrogen-bond donors (Lipinski definition) is 1. The number of benzene rings is 3. The second-order valence-corrected chi connectivity index (χ2v) is 19.6. The van der Waals surface area contributed by atoms with E-state index in [1.165, 1.54) is 29.2 Å². The molecule has 4 saturated heterocycles. The van der Waals surface area contributed by atoms with Crippen molar-refractivity contribution in [2.45, 2.75) is 95.2 Å². The average Bonchev–Trinajstić information content (AvgIpc) is 3.92. The molecule has 3 aromatic carbocycles. The van der Waals surface area contributed by atoms with Crippen molar-refractivity contribution in [2.24, 2.45) is 0 Å². The summed E-state index contributed by atoms with van der Waals surface area (Å²) in [6.07, 6.45) is 9.93. The summed E-state index contributed by atoms with van der Waals surface area (Å²) in [5.74, 6) is -2.65. The van der Waals surface area contributed by atoms with Gasteiger partial charge in [0.15, 0.2) is 5.82 Å². The molecule has 4 fully saturated rings. The molecule has 6 heterocycles. The fourth-order valence-corrected chi connectivity index (χ4v) is 11.1. The maximum atomic E-state index is 17.1. The summed E-state index contributed by atoms with van der Waals surface area (Å²) in [5.41, 5.74) is 1.63. The first kappa shape index (κ1) is 49.2. The first-order chi connectivity index (χ1) is 33.9. The number of carbonyl (C=O) groups excluding carboxylic acids is 4. The topological polar surface area (TPSA) is 141 Å². The molecular formula is C52H60ClF3N8O6. The van der Waals surface area contributed by atoms with Crippen molar-refractivity contribution in [3.05, 3.63) is 88.2 Å². The van der Waals surface area contributed by atoms with Crippen molar-refractivity contribution in [2.75, 3.05) is 77.5 Å². The summed E-state index contributed by atoms with van der Waals surface area (Å²) < 4.78 is 60.2. The molecule has 5 aliphatic rings. The summed E-state index contributed by atoms with van der Waals surface area (Å²) in [4.78, 5) is 69.1. The van der Waals surface area contributed by atoms with Crippen LogP contribution in [-0.4, -0.2) is 138 Å². The summed E-state index contributed by atoms with van der Waals surface area (Å²) in [7, 11) is 2.03. The van der Waals surface area contributed by atoms with E-state index in [2.05, 4.69) is 26.7 Å². The van der Waals surface area contributed by atoms with Gasteiger partial charge in [0.1, 0.15) is 41.4 Å². The van der Waals surface area contributed by atoms with Crippen molar-refractivity contribution < 1.29 is 41.8 Å². The fraction of sp³-hybridized carbons (Fsp3) is 0.500. The molecule has 0 bridgehead atoms. The maximum Gasteiger partial charge on any atom is 0.319 e. The molecule has 0 aliphatic carbocycles. The first-order valence-electron chi connectivity index (χ1n) is 24.7. The lowest BCUT2D eigenvalue weighted by Gasteiger charge is -2.35. The molecule has 18 heteroatoms. The van der Waals surface area contributed by atoms with Crippen LogP contribution in [0.15, 0.2) is 49.1 Å². The predicted octanol–water partition coefficient (Wildman–Crippen LogP) is 7.65. The lowest BCUT2D eigenvalue weighted by molar-refractivity contribution is -0.137. The number of likely N-dealkylation sites (N-methyl/N-ethyl adjacent to an activating group) is 1. The highest BCUT2D eigenvalue weighted by Crippen LogP contribution is 2.44. The van der Waals surface area contributed by atoms with E-state index in [4.69, 9.17) is 26.1 Å². The average molecular weight is 986 g/mol. The molecule has 2 unspecified atom stereocenters. The quantitative estimate of drug-likeness (QED) is 0.0634. The van der Waals surface area contributed by atoms with E-state index in [0.717, 1.165) is 88.7 Å². The zero-order chi connectivity index (χ0) is 49.1. The van der Waals surface area contributed by atoms with Crippen LogP contribution in [0, 0.1) is 17.5 Å². The molecule has 4 aromatic rings. The van der Waals surface area contributed by atoms with Gasteiger partial charge in [0.2, 0.25) is 17.7 Å². The number of nitrogens with one attached hydrogen (secondary N) is 1. The number of nitrogens with zero attached hydrogens (tertiary/aromatic N) is 7. The van der Waals surface area contributed by atoms with Crippen LogP contribution in [0.4, 0.5) is 19.0 Å². The molecule has 0 saturated carbocycles. The Morgan fingerprint density at radius 1 is 0.900 bits per heavy atom. The summed E-state index contributed by atoms with van der Waals surface area (Å²) >= 11 is 6.89. The minimum absolute atomic E-state index is 0.000230. The van der Waals surface area contributed by atoms with E-state index in [9.17, 15) is 23.6 Å². The van der Waals surface area contributed by atoms with E-state index in [1.54, 1.807) is 23.1 Å². The Kier molecular flexibility index (Phi) is 15.2. The Balaban J connectivity index is 0.785. The molecule has 70 heavy (non-hydrogen) atoms. The number of fused-ring (bicyclic) bond motifs is 2. The second kappa shape index (κ2) is 21.7. The molecule has 372 valence electrons. The number of ether oxygens (including phenoxy) is 2. The van der Waals surface area contributed by atoms with Crippen LogP contribution in [0.25, 0.3) is 22.0 Å². The minimum atomic E-state index is -0.819. The number of rotatable bonds is 17. The number of carbonyl (C=O) groups is 4. The van der Waals surface area contributed by atoms with Crippen molar-refractivity contribution in [3.63, 3.8) is 0 Å². The minimum Gasteiger partial charge on any atom is -0.493 e. The van der Waals surface area contributed by atoms with Crippen LogP contribution in [0.5, 0.6) is 11.8 Å². The van der Waals surface area contributed by atoms with Crippen molar-refractivity contribution in [1.29, 1.82) is 0 Å². The molecule has 4 amide bonds. The fourth-order valence-electron chi connectivity index (χ4n) is 10.8. The van der Waals surface area contributed by atoms with Crippen LogP contribution in [0.1, 0.15) is 98.0 Å². The van der Waals surface area contributed by atoms with Gasteiger partial charge in [0, 0.05) is 61.7 Å². The number of piperidine rings is 2. The maximum absolute atomic E-state index is 17.1.